The molecule has 1 amide bonds. The molecule has 4 heteroatoms. The van der Waals surface area contributed by atoms with E-state index in [0.717, 1.165) is 0 Å². The van der Waals surface area contributed by atoms with E-state index in [-0.39, 0.29) is 12.2 Å². The number of carbonyl (C=O) groups excluding carboxylic acids is 1. The van der Waals surface area contributed by atoms with Gasteiger partial charge in [-0.25, -0.2) is 0 Å². The van der Waals surface area contributed by atoms with E-state index in [4.69, 9.17) is 15.6 Å². The van der Waals surface area contributed by atoms with E-state index in [1.165, 1.54) is 19.2 Å². The van der Waals surface area contributed by atoms with Crippen LogP contribution in [0.15, 0.2) is 18.2 Å². The standard InChI is InChI=1S/C9H11NO3/c1-13-8-5-7(11)3-2-6(8)4-9(10)12/h2-3,5,11H,4H2,1H3,(H2,10,12). The van der Waals surface area contributed by atoms with E-state index in [1.54, 1.807) is 6.07 Å². The van der Waals surface area contributed by atoms with E-state index >= 15 is 0 Å². The van der Waals surface area contributed by atoms with Crippen LogP contribution in [0.2, 0.25) is 0 Å². The summed E-state index contributed by atoms with van der Waals surface area (Å²) in [6.07, 6.45) is 0.115. The number of carbonyl (C=O) groups is 1. The van der Waals surface area contributed by atoms with Crippen molar-refractivity contribution in [2.75, 3.05) is 7.11 Å². The molecule has 0 aromatic heterocycles. The molecule has 3 N–H and O–H groups in total. The summed E-state index contributed by atoms with van der Waals surface area (Å²) in [5.74, 6) is 0.146. The summed E-state index contributed by atoms with van der Waals surface area (Å²) in [6, 6.07) is 4.54. The molecule has 0 unspecified atom stereocenters. The summed E-state index contributed by atoms with van der Waals surface area (Å²) >= 11 is 0. The number of ether oxygens (including phenoxy) is 1. The van der Waals surface area contributed by atoms with Crippen LogP contribution in [0.4, 0.5) is 0 Å². The van der Waals surface area contributed by atoms with Gasteiger partial charge in [0.2, 0.25) is 5.91 Å². The zero-order chi connectivity index (χ0) is 9.84. The molecule has 1 rings (SSSR count). The first-order valence-electron chi connectivity index (χ1n) is 3.77. The smallest absolute Gasteiger partial charge is 0.221 e. The van der Waals surface area contributed by atoms with Crippen molar-refractivity contribution in [2.45, 2.75) is 6.42 Å². The van der Waals surface area contributed by atoms with Crippen molar-refractivity contribution in [1.82, 2.24) is 0 Å². The average Bonchev–Trinajstić information content (AvgIpc) is 2.07. The summed E-state index contributed by atoms with van der Waals surface area (Å²) in [5, 5.41) is 9.11. The monoisotopic (exact) mass is 181 g/mol. The summed E-state index contributed by atoms with van der Waals surface area (Å²) < 4.78 is 4.96. The van der Waals surface area contributed by atoms with Gasteiger partial charge in [-0.3, -0.25) is 4.79 Å². The Hall–Kier alpha value is -1.71. The fraction of sp³-hybridized carbons (Fsp3) is 0.222. The van der Waals surface area contributed by atoms with Gasteiger partial charge in [-0.2, -0.15) is 0 Å². The molecular formula is C9H11NO3. The maximum Gasteiger partial charge on any atom is 0.221 e. The summed E-state index contributed by atoms with van der Waals surface area (Å²) in [5.41, 5.74) is 5.70. The van der Waals surface area contributed by atoms with E-state index in [2.05, 4.69) is 0 Å². The number of hydrogen-bond acceptors (Lipinski definition) is 3. The Kier molecular flexibility index (Phi) is 2.74. The number of primary amides is 1. The van der Waals surface area contributed by atoms with Crippen molar-refractivity contribution in [3.8, 4) is 11.5 Å². The first kappa shape index (κ1) is 9.38. The molecule has 0 radical (unpaired) electrons. The Morgan fingerprint density at radius 1 is 1.62 bits per heavy atom. The summed E-state index contributed by atoms with van der Waals surface area (Å²) in [6.45, 7) is 0. The highest BCUT2D eigenvalue weighted by Crippen LogP contribution is 2.23. The summed E-state index contributed by atoms with van der Waals surface area (Å²) in [7, 11) is 1.47. The highest BCUT2D eigenvalue weighted by Gasteiger charge is 2.06. The van der Waals surface area contributed by atoms with Gasteiger partial charge >= 0.3 is 0 Å². The predicted octanol–water partition coefficient (Wildman–Crippen LogP) is 0.429. The van der Waals surface area contributed by atoms with Gasteiger partial charge in [0.25, 0.3) is 0 Å². The van der Waals surface area contributed by atoms with Crippen LogP contribution < -0.4 is 10.5 Å². The van der Waals surface area contributed by atoms with Crippen LogP contribution in [0.3, 0.4) is 0 Å². The van der Waals surface area contributed by atoms with E-state index in [9.17, 15) is 4.79 Å². The second-order valence-electron chi connectivity index (χ2n) is 2.64. The van der Waals surface area contributed by atoms with Crippen LogP contribution in [0.25, 0.3) is 0 Å². The summed E-state index contributed by atoms with van der Waals surface area (Å²) in [4.78, 5) is 10.6. The zero-order valence-corrected chi connectivity index (χ0v) is 7.28. The number of rotatable bonds is 3. The molecule has 0 saturated heterocycles. The third kappa shape index (κ3) is 2.37. The second kappa shape index (κ2) is 3.80. The Morgan fingerprint density at radius 2 is 2.31 bits per heavy atom. The fourth-order valence-corrected chi connectivity index (χ4v) is 1.07. The Bertz CT molecular complexity index is 323. The molecule has 70 valence electrons. The van der Waals surface area contributed by atoms with Crippen molar-refractivity contribution in [2.24, 2.45) is 5.73 Å². The van der Waals surface area contributed by atoms with Gasteiger partial charge in [0, 0.05) is 11.6 Å². The minimum Gasteiger partial charge on any atom is -0.508 e. The van der Waals surface area contributed by atoms with Gasteiger partial charge in [-0.1, -0.05) is 6.07 Å². The maximum absolute atomic E-state index is 10.6. The van der Waals surface area contributed by atoms with Crippen molar-refractivity contribution in [1.29, 1.82) is 0 Å². The second-order valence-corrected chi connectivity index (χ2v) is 2.64. The number of hydrogen-bond donors (Lipinski definition) is 2. The fourth-order valence-electron chi connectivity index (χ4n) is 1.07. The normalized spacial score (nSPS) is 9.62. The Morgan fingerprint density at radius 3 is 2.85 bits per heavy atom. The highest BCUT2D eigenvalue weighted by molar-refractivity contribution is 5.77. The molecule has 0 aliphatic heterocycles. The minimum absolute atomic E-state index is 0.102. The molecule has 0 aliphatic rings. The largest absolute Gasteiger partial charge is 0.508 e. The number of benzene rings is 1. The average molecular weight is 181 g/mol. The lowest BCUT2D eigenvalue weighted by atomic mass is 10.1. The first-order valence-corrected chi connectivity index (χ1v) is 3.77. The molecular weight excluding hydrogens is 170 g/mol. The number of phenols is 1. The van der Waals surface area contributed by atoms with Gasteiger partial charge < -0.3 is 15.6 Å². The third-order valence-corrected chi connectivity index (χ3v) is 1.64. The van der Waals surface area contributed by atoms with Gasteiger partial charge in [0.15, 0.2) is 0 Å². The van der Waals surface area contributed by atoms with E-state index in [1.807, 2.05) is 0 Å². The molecule has 4 nitrogen and oxygen atoms in total. The SMILES string of the molecule is COc1cc(O)ccc1CC(N)=O. The molecule has 0 saturated carbocycles. The van der Waals surface area contributed by atoms with Crippen LogP contribution >= 0.6 is 0 Å². The molecule has 0 atom stereocenters. The molecule has 0 spiro atoms. The van der Waals surface area contributed by atoms with Gasteiger partial charge in [-0.15, -0.1) is 0 Å². The van der Waals surface area contributed by atoms with Crippen LogP contribution in [0, 0.1) is 0 Å². The highest BCUT2D eigenvalue weighted by atomic mass is 16.5. The first-order chi connectivity index (χ1) is 6.13. The molecule has 0 heterocycles. The van der Waals surface area contributed by atoms with Crippen LogP contribution in [0.5, 0.6) is 11.5 Å². The lowest BCUT2D eigenvalue weighted by molar-refractivity contribution is -0.117. The molecule has 0 fully saturated rings. The Labute approximate surface area is 75.9 Å². The molecule has 0 aliphatic carbocycles. The zero-order valence-electron chi connectivity index (χ0n) is 7.28. The van der Waals surface area contributed by atoms with Crippen molar-refractivity contribution >= 4 is 5.91 Å². The van der Waals surface area contributed by atoms with Crippen LogP contribution in [-0.4, -0.2) is 18.1 Å². The number of nitrogens with two attached hydrogens (primary N) is 1. The molecule has 0 bridgehead atoms. The van der Waals surface area contributed by atoms with Crippen molar-refractivity contribution in [3.05, 3.63) is 23.8 Å². The number of amides is 1. The molecule has 1 aromatic carbocycles. The van der Waals surface area contributed by atoms with E-state index in [0.29, 0.717) is 11.3 Å². The van der Waals surface area contributed by atoms with Crippen molar-refractivity contribution in [3.63, 3.8) is 0 Å². The van der Waals surface area contributed by atoms with Crippen LogP contribution in [0.1, 0.15) is 5.56 Å². The van der Waals surface area contributed by atoms with Gasteiger partial charge in [0.05, 0.1) is 13.5 Å². The van der Waals surface area contributed by atoms with Crippen LogP contribution in [-0.2, 0) is 11.2 Å². The van der Waals surface area contributed by atoms with E-state index < -0.39 is 5.91 Å². The van der Waals surface area contributed by atoms with Gasteiger partial charge in [-0.05, 0) is 6.07 Å². The lowest BCUT2D eigenvalue weighted by Gasteiger charge is -2.06. The quantitative estimate of drug-likeness (QED) is 0.710. The molecule has 1 aromatic rings. The number of phenolic OH excluding ortho intramolecular Hbond substituents is 1. The minimum atomic E-state index is -0.427. The van der Waals surface area contributed by atoms with Gasteiger partial charge in [0.1, 0.15) is 11.5 Å². The Balaban J connectivity index is 2.99. The lowest BCUT2D eigenvalue weighted by Crippen LogP contribution is -2.14. The maximum atomic E-state index is 10.6. The number of methoxy groups -OCH3 is 1. The predicted molar refractivity (Wildman–Crippen MR) is 47.6 cm³/mol. The topological polar surface area (TPSA) is 72.6 Å². The number of aromatic hydroxyl groups is 1. The third-order valence-electron chi connectivity index (χ3n) is 1.64. The molecule has 13 heavy (non-hydrogen) atoms. The van der Waals surface area contributed by atoms with Crippen molar-refractivity contribution < 1.29 is 14.6 Å².